The molecular weight excluding hydrogens is 326 g/mol. The molecule has 1 amide bonds. The number of hydrogen-bond donors (Lipinski definition) is 0. The molecule has 4 nitrogen and oxygen atoms in total. The molecule has 136 valence electrons. The minimum Gasteiger partial charge on any atom is -0.381 e. The fraction of sp³-hybridized carbons (Fsp3) is 0.409. The van der Waals surface area contributed by atoms with E-state index in [1.165, 1.54) is 11.1 Å². The van der Waals surface area contributed by atoms with E-state index in [0.717, 1.165) is 55.8 Å². The van der Waals surface area contributed by atoms with Crippen LogP contribution in [-0.2, 0) is 22.5 Å². The molecule has 0 aliphatic carbocycles. The summed E-state index contributed by atoms with van der Waals surface area (Å²) in [6.45, 7) is 4.85. The van der Waals surface area contributed by atoms with Gasteiger partial charge in [0.05, 0.1) is 12.7 Å². The molecule has 2 aromatic carbocycles. The number of fused-ring (bicyclic) bond motifs is 1. The highest BCUT2D eigenvalue weighted by Gasteiger charge is 2.27. The smallest absolute Gasteiger partial charge is 0.258 e. The van der Waals surface area contributed by atoms with E-state index >= 15 is 0 Å². The third-order valence-corrected chi connectivity index (χ3v) is 5.40. The number of ether oxygens (including phenoxy) is 2. The van der Waals surface area contributed by atoms with Crippen LogP contribution in [0.25, 0.3) is 0 Å². The van der Waals surface area contributed by atoms with Gasteiger partial charge in [-0.3, -0.25) is 4.79 Å². The molecule has 0 bridgehead atoms. The molecule has 2 aliphatic rings. The average Bonchev–Trinajstić information content (AvgIpc) is 3.12. The highest BCUT2D eigenvalue weighted by Crippen LogP contribution is 2.32. The van der Waals surface area contributed by atoms with Crippen LogP contribution in [-0.4, -0.2) is 31.8 Å². The first-order valence-electron chi connectivity index (χ1n) is 9.41. The fourth-order valence-electron chi connectivity index (χ4n) is 3.87. The van der Waals surface area contributed by atoms with Gasteiger partial charge in [0, 0.05) is 31.0 Å². The van der Waals surface area contributed by atoms with Crippen molar-refractivity contribution < 1.29 is 14.3 Å². The van der Waals surface area contributed by atoms with Crippen molar-refractivity contribution in [2.24, 2.45) is 0 Å². The Hall–Kier alpha value is -2.17. The van der Waals surface area contributed by atoms with Gasteiger partial charge in [-0.1, -0.05) is 30.3 Å². The molecule has 0 saturated carbocycles. The molecule has 2 aromatic rings. The van der Waals surface area contributed by atoms with Gasteiger partial charge in [0.15, 0.2) is 0 Å². The molecule has 0 N–H and O–H groups in total. The lowest BCUT2D eigenvalue weighted by molar-refractivity contribution is -0.0391. The van der Waals surface area contributed by atoms with Gasteiger partial charge in [0.1, 0.15) is 0 Å². The summed E-state index contributed by atoms with van der Waals surface area (Å²) in [5.74, 6) is 0.0699. The summed E-state index contributed by atoms with van der Waals surface area (Å²) in [6.07, 6.45) is 3.00. The summed E-state index contributed by atoms with van der Waals surface area (Å²) in [5, 5.41) is 0. The number of aryl methyl sites for hydroxylation is 1. The third kappa shape index (κ3) is 3.39. The van der Waals surface area contributed by atoms with Crippen molar-refractivity contribution >= 4 is 11.6 Å². The number of anilines is 1. The Morgan fingerprint density at radius 3 is 2.81 bits per heavy atom. The molecule has 0 aromatic heterocycles. The van der Waals surface area contributed by atoms with Crippen LogP contribution in [0.15, 0.2) is 42.5 Å². The molecule has 0 spiro atoms. The van der Waals surface area contributed by atoms with Gasteiger partial charge in [-0.15, -0.1) is 0 Å². The SMILES string of the molecule is Cc1cccc2c1CCN2C(=O)c1ccccc1COC1CCOCC1. The number of rotatable bonds is 4. The second kappa shape index (κ2) is 7.60. The Balaban J connectivity index is 1.53. The zero-order valence-electron chi connectivity index (χ0n) is 15.2. The maximum absolute atomic E-state index is 13.2. The van der Waals surface area contributed by atoms with Crippen LogP contribution >= 0.6 is 0 Å². The quantitative estimate of drug-likeness (QED) is 0.839. The van der Waals surface area contributed by atoms with Crippen LogP contribution in [0, 0.1) is 6.92 Å². The normalized spacial score (nSPS) is 17.3. The van der Waals surface area contributed by atoms with Crippen molar-refractivity contribution in [3.8, 4) is 0 Å². The number of nitrogens with zero attached hydrogens (tertiary/aromatic N) is 1. The van der Waals surface area contributed by atoms with E-state index in [-0.39, 0.29) is 12.0 Å². The van der Waals surface area contributed by atoms with Crippen molar-refractivity contribution in [1.29, 1.82) is 0 Å². The lowest BCUT2D eigenvalue weighted by atomic mass is 10.1. The summed E-state index contributed by atoms with van der Waals surface area (Å²) in [6, 6.07) is 14.0. The summed E-state index contributed by atoms with van der Waals surface area (Å²) in [5.41, 5.74) is 5.31. The van der Waals surface area contributed by atoms with Gasteiger partial charge < -0.3 is 14.4 Å². The fourth-order valence-corrected chi connectivity index (χ4v) is 3.87. The molecule has 0 unspecified atom stereocenters. The van der Waals surface area contributed by atoms with Crippen LogP contribution in [0.5, 0.6) is 0 Å². The Morgan fingerprint density at radius 1 is 1.15 bits per heavy atom. The molecular formula is C22H25NO3. The summed E-state index contributed by atoms with van der Waals surface area (Å²) in [4.78, 5) is 15.2. The Kier molecular flexibility index (Phi) is 5.05. The van der Waals surface area contributed by atoms with E-state index in [9.17, 15) is 4.79 Å². The zero-order valence-corrected chi connectivity index (χ0v) is 15.2. The van der Waals surface area contributed by atoms with E-state index in [0.29, 0.717) is 6.61 Å². The molecule has 1 saturated heterocycles. The molecule has 1 fully saturated rings. The number of benzene rings is 2. The topological polar surface area (TPSA) is 38.8 Å². The first-order chi connectivity index (χ1) is 12.7. The second-order valence-electron chi connectivity index (χ2n) is 7.06. The first kappa shape index (κ1) is 17.3. The number of carbonyl (C=O) groups excluding carboxylic acids is 1. The zero-order chi connectivity index (χ0) is 17.9. The molecule has 0 atom stereocenters. The monoisotopic (exact) mass is 351 g/mol. The predicted molar refractivity (Wildman–Crippen MR) is 102 cm³/mol. The number of amides is 1. The predicted octanol–water partition coefficient (Wildman–Crippen LogP) is 3.89. The van der Waals surface area contributed by atoms with E-state index in [1.807, 2.05) is 41.3 Å². The maximum atomic E-state index is 13.2. The van der Waals surface area contributed by atoms with Crippen LogP contribution in [0.3, 0.4) is 0 Å². The van der Waals surface area contributed by atoms with E-state index in [1.54, 1.807) is 0 Å². The maximum Gasteiger partial charge on any atom is 0.258 e. The van der Waals surface area contributed by atoms with Gasteiger partial charge in [-0.05, 0) is 55.0 Å². The molecule has 26 heavy (non-hydrogen) atoms. The van der Waals surface area contributed by atoms with Crippen molar-refractivity contribution in [2.45, 2.75) is 38.9 Å². The van der Waals surface area contributed by atoms with Crippen LogP contribution in [0.1, 0.15) is 39.9 Å². The summed E-state index contributed by atoms with van der Waals surface area (Å²) >= 11 is 0. The molecule has 4 heteroatoms. The Morgan fingerprint density at radius 2 is 1.96 bits per heavy atom. The molecule has 0 radical (unpaired) electrons. The van der Waals surface area contributed by atoms with Crippen molar-refractivity contribution in [3.63, 3.8) is 0 Å². The molecule has 2 heterocycles. The summed E-state index contributed by atoms with van der Waals surface area (Å²) in [7, 11) is 0. The lowest BCUT2D eigenvalue weighted by Gasteiger charge is -2.24. The largest absolute Gasteiger partial charge is 0.381 e. The van der Waals surface area contributed by atoms with Crippen molar-refractivity contribution in [3.05, 3.63) is 64.7 Å². The Bertz CT molecular complexity index is 796. The first-order valence-corrected chi connectivity index (χ1v) is 9.41. The highest BCUT2D eigenvalue weighted by atomic mass is 16.5. The van der Waals surface area contributed by atoms with E-state index in [2.05, 4.69) is 13.0 Å². The number of hydrogen-bond acceptors (Lipinski definition) is 3. The molecule has 2 aliphatic heterocycles. The van der Waals surface area contributed by atoms with Gasteiger partial charge in [0.25, 0.3) is 5.91 Å². The van der Waals surface area contributed by atoms with Crippen molar-refractivity contribution in [1.82, 2.24) is 0 Å². The van der Waals surface area contributed by atoms with E-state index in [4.69, 9.17) is 9.47 Å². The van der Waals surface area contributed by atoms with E-state index < -0.39 is 0 Å². The number of carbonyl (C=O) groups is 1. The van der Waals surface area contributed by atoms with Gasteiger partial charge in [-0.25, -0.2) is 0 Å². The Labute approximate surface area is 154 Å². The summed E-state index contributed by atoms with van der Waals surface area (Å²) < 4.78 is 11.4. The molecule has 4 rings (SSSR count). The third-order valence-electron chi connectivity index (χ3n) is 5.40. The van der Waals surface area contributed by atoms with Gasteiger partial charge in [-0.2, -0.15) is 0 Å². The average molecular weight is 351 g/mol. The highest BCUT2D eigenvalue weighted by molar-refractivity contribution is 6.08. The standard InChI is InChI=1S/C22H25NO3/c1-16-5-4-8-21-19(16)9-12-23(21)22(24)20-7-3-2-6-17(20)15-26-18-10-13-25-14-11-18/h2-8,18H,9-15H2,1H3. The van der Waals surface area contributed by atoms with Crippen LogP contribution in [0.4, 0.5) is 5.69 Å². The minimum atomic E-state index is 0.0699. The van der Waals surface area contributed by atoms with Crippen LogP contribution in [0.2, 0.25) is 0 Å². The minimum absolute atomic E-state index is 0.0699. The van der Waals surface area contributed by atoms with Gasteiger partial charge in [0.2, 0.25) is 0 Å². The van der Waals surface area contributed by atoms with Crippen molar-refractivity contribution in [2.75, 3.05) is 24.7 Å². The lowest BCUT2D eigenvalue weighted by Crippen LogP contribution is -2.30. The van der Waals surface area contributed by atoms with Crippen LogP contribution < -0.4 is 4.90 Å². The van der Waals surface area contributed by atoms with Gasteiger partial charge >= 0.3 is 0 Å². The second-order valence-corrected chi connectivity index (χ2v) is 7.06.